The fraction of sp³-hybridized carbons (Fsp3) is 0.800. The van der Waals surface area contributed by atoms with Crippen LogP contribution in [0, 0.1) is 10.8 Å². The van der Waals surface area contributed by atoms with Gasteiger partial charge in [-0.15, -0.1) is 0 Å². The normalized spacial score (nSPS) is 10.8. The summed E-state index contributed by atoms with van der Waals surface area (Å²) in [5.74, 6) is -2.62. The van der Waals surface area contributed by atoms with Gasteiger partial charge in [0.25, 0.3) is 0 Å². The Morgan fingerprint density at radius 3 is 1.16 bits per heavy atom. The van der Waals surface area contributed by atoms with Crippen LogP contribution in [-0.4, -0.2) is 63.9 Å². The van der Waals surface area contributed by atoms with Gasteiger partial charge in [0, 0.05) is 0 Å². The number of hydrogen-bond acceptors (Lipinski definition) is 7. The zero-order chi connectivity index (χ0) is 15.0. The van der Waals surface area contributed by atoms with Crippen molar-refractivity contribution in [3.8, 4) is 0 Å². The van der Waals surface area contributed by atoms with E-state index in [4.69, 9.17) is 25.5 Å². The Morgan fingerprint density at radius 1 is 0.895 bits per heavy atom. The van der Waals surface area contributed by atoms with E-state index < -0.39 is 49.2 Å². The first-order valence-corrected chi connectivity index (χ1v) is 5.02. The van der Waals surface area contributed by atoms with Crippen molar-refractivity contribution in [3.05, 3.63) is 0 Å². The second kappa shape index (κ2) is 10.6. The summed E-state index contributed by atoms with van der Waals surface area (Å²) in [6.45, 7) is 0.187. The molecular weight excluding hydrogens is 271 g/mol. The molecule has 0 amide bonds. The molecule has 108 valence electrons. The zero-order valence-corrected chi connectivity index (χ0v) is 13.3. The Bertz CT molecular complexity index is 245. The number of hydrogen-bond donors (Lipinski definition) is 5. The molecule has 19 heavy (non-hydrogen) atoms. The Balaban J connectivity index is -0.000000256. The summed E-state index contributed by atoms with van der Waals surface area (Å²) in [6.07, 6.45) is 0. The summed E-state index contributed by atoms with van der Waals surface area (Å²) in [5, 5.41) is 51.9. The summed E-state index contributed by atoms with van der Waals surface area (Å²) < 4.78 is 0. The molecule has 0 atom stereocenters. The number of carboxylic acids is 2. The molecule has 9 heteroatoms. The fourth-order valence-electron chi connectivity index (χ4n) is 0.364. The first kappa shape index (κ1) is 23.8. The van der Waals surface area contributed by atoms with Crippen molar-refractivity contribution in [2.45, 2.75) is 13.8 Å². The summed E-state index contributed by atoms with van der Waals surface area (Å²) in [5.41, 5.74) is -2.89. The van der Waals surface area contributed by atoms with Gasteiger partial charge in [0.1, 0.15) is 5.41 Å². The van der Waals surface area contributed by atoms with Gasteiger partial charge in [0.2, 0.25) is 0 Å². The summed E-state index contributed by atoms with van der Waals surface area (Å²) in [6, 6.07) is 0. The molecule has 0 aliphatic rings. The molecule has 8 nitrogen and oxygen atoms in total. The molecule has 0 aromatic rings. The maximum atomic E-state index is 10.2. The minimum Gasteiger partial charge on any atom is -0.549 e. The van der Waals surface area contributed by atoms with E-state index in [2.05, 4.69) is 0 Å². The van der Waals surface area contributed by atoms with E-state index in [-0.39, 0.29) is 29.6 Å². The molecule has 0 radical (unpaired) electrons. The molecule has 0 fully saturated rings. The van der Waals surface area contributed by atoms with Crippen molar-refractivity contribution in [1.29, 1.82) is 0 Å². The van der Waals surface area contributed by atoms with Crippen molar-refractivity contribution in [1.82, 2.24) is 0 Å². The maximum absolute atomic E-state index is 10.2. The number of carbonyl (C=O) groups excluding carboxylic acids is 1. The molecule has 0 unspecified atom stereocenters. The number of aliphatic carboxylic acids is 2. The Hall–Kier alpha value is -0.220. The zero-order valence-electron chi connectivity index (χ0n) is 11.3. The molecule has 0 aliphatic carbocycles. The molecule has 0 aliphatic heterocycles. The maximum Gasteiger partial charge on any atom is 1.00 e. The molecule has 0 saturated carbocycles. The topological polar surface area (TPSA) is 158 Å². The van der Waals surface area contributed by atoms with Crippen LogP contribution in [0.2, 0.25) is 0 Å². The molecular formula is C10H19NaO8. The Morgan fingerprint density at radius 2 is 1.16 bits per heavy atom. The number of carboxylic acid groups (broad SMARTS) is 2. The van der Waals surface area contributed by atoms with Crippen LogP contribution in [0.4, 0.5) is 0 Å². The van der Waals surface area contributed by atoms with Gasteiger partial charge in [-0.3, -0.25) is 4.79 Å². The molecule has 0 spiro atoms. The van der Waals surface area contributed by atoms with Gasteiger partial charge in [0.05, 0.1) is 37.8 Å². The molecule has 0 aromatic heterocycles. The monoisotopic (exact) mass is 290 g/mol. The van der Waals surface area contributed by atoms with Crippen molar-refractivity contribution in [3.63, 3.8) is 0 Å². The third kappa shape index (κ3) is 7.83. The third-order valence-corrected chi connectivity index (χ3v) is 2.41. The van der Waals surface area contributed by atoms with E-state index in [0.29, 0.717) is 0 Å². The van der Waals surface area contributed by atoms with E-state index >= 15 is 0 Å². The van der Waals surface area contributed by atoms with E-state index in [0.717, 1.165) is 0 Å². The molecule has 0 aromatic carbocycles. The smallest absolute Gasteiger partial charge is 0.549 e. The summed E-state index contributed by atoms with van der Waals surface area (Å²) in [4.78, 5) is 20.2. The fourth-order valence-corrected chi connectivity index (χ4v) is 0.364. The second-order valence-corrected chi connectivity index (χ2v) is 4.35. The van der Waals surface area contributed by atoms with Crippen LogP contribution >= 0.6 is 0 Å². The van der Waals surface area contributed by atoms with Crippen molar-refractivity contribution in [2.75, 3.05) is 26.4 Å². The molecule has 0 rings (SSSR count). The number of carbonyl (C=O) groups is 2. The Kier molecular flexibility index (Phi) is 13.2. The van der Waals surface area contributed by atoms with Crippen LogP contribution in [-0.2, 0) is 9.59 Å². The van der Waals surface area contributed by atoms with Crippen LogP contribution in [0.5, 0.6) is 0 Å². The van der Waals surface area contributed by atoms with Gasteiger partial charge < -0.3 is 35.4 Å². The van der Waals surface area contributed by atoms with Crippen LogP contribution in [0.25, 0.3) is 0 Å². The first-order chi connectivity index (χ1) is 8.13. The van der Waals surface area contributed by atoms with Crippen LogP contribution in [0.15, 0.2) is 0 Å². The van der Waals surface area contributed by atoms with Gasteiger partial charge >= 0.3 is 35.5 Å². The average Bonchev–Trinajstić information content (AvgIpc) is 2.36. The van der Waals surface area contributed by atoms with Gasteiger partial charge in [-0.1, -0.05) is 0 Å². The van der Waals surface area contributed by atoms with Gasteiger partial charge in [-0.05, 0) is 13.8 Å². The van der Waals surface area contributed by atoms with E-state index in [9.17, 15) is 14.7 Å². The minimum atomic E-state index is -1.50. The van der Waals surface area contributed by atoms with Crippen LogP contribution < -0.4 is 34.7 Å². The van der Waals surface area contributed by atoms with Crippen LogP contribution in [0.1, 0.15) is 13.8 Å². The quantitative estimate of drug-likeness (QED) is 0.302. The van der Waals surface area contributed by atoms with E-state index in [1.807, 2.05) is 0 Å². The van der Waals surface area contributed by atoms with Gasteiger partial charge in [-0.2, -0.15) is 0 Å². The first-order valence-electron chi connectivity index (χ1n) is 5.02. The largest absolute Gasteiger partial charge is 1.00 e. The number of aliphatic hydroxyl groups is 4. The molecule has 5 N–H and O–H groups in total. The van der Waals surface area contributed by atoms with Crippen molar-refractivity contribution >= 4 is 11.9 Å². The average molecular weight is 290 g/mol. The predicted octanol–water partition coefficient (Wildman–Crippen LogP) is -6.21. The van der Waals surface area contributed by atoms with Gasteiger partial charge in [0.15, 0.2) is 0 Å². The summed E-state index contributed by atoms with van der Waals surface area (Å²) >= 11 is 0. The number of rotatable bonds is 6. The minimum absolute atomic E-state index is 0. The second-order valence-electron chi connectivity index (χ2n) is 4.35. The summed E-state index contributed by atoms with van der Waals surface area (Å²) in [7, 11) is 0. The Labute approximate surface area is 133 Å². The standard InChI is InChI=1S/2C5H10O4.Na/c2*1-5(2-6,3-7)4(8)9;/h2*6-7H,2-3H2,1H3,(H,8,9);/q;;+1/p-1. The molecule has 0 heterocycles. The van der Waals surface area contributed by atoms with Crippen molar-refractivity contribution in [2.24, 2.45) is 10.8 Å². The number of aliphatic hydroxyl groups excluding tert-OH is 4. The van der Waals surface area contributed by atoms with E-state index in [1.165, 1.54) is 13.8 Å². The SMILES string of the molecule is CC(CO)(CO)C(=O)O.CC(CO)(CO)C(=O)[O-].[Na+]. The van der Waals surface area contributed by atoms with Crippen LogP contribution in [0.3, 0.4) is 0 Å². The predicted molar refractivity (Wildman–Crippen MR) is 57.2 cm³/mol. The van der Waals surface area contributed by atoms with E-state index in [1.54, 1.807) is 0 Å². The molecule has 0 saturated heterocycles. The van der Waals surface area contributed by atoms with Crippen molar-refractivity contribution < 1.29 is 69.8 Å². The third-order valence-electron chi connectivity index (χ3n) is 2.41. The molecule has 0 bridgehead atoms. The van der Waals surface area contributed by atoms with Gasteiger partial charge in [-0.25, -0.2) is 0 Å².